The first kappa shape index (κ1) is 23.0. The molecule has 0 aromatic carbocycles. The van der Waals surface area contributed by atoms with Crippen molar-refractivity contribution in [3.63, 3.8) is 0 Å². The highest BCUT2D eigenvalue weighted by Crippen LogP contribution is 2.35. The van der Waals surface area contributed by atoms with Crippen molar-refractivity contribution in [1.29, 1.82) is 0 Å². The highest BCUT2D eigenvalue weighted by Gasteiger charge is 2.29. The third-order valence-corrected chi connectivity index (χ3v) is 5.37. The van der Waals surface area contributed by atoms with Crippen molar-refractivity contribution < 1.29 is 28.8 Å². The fraction of sp³-hybridized carbons (Fsp3) is 0.444. The number of thiophene rings is 1. The summed E-state index contributed by atoms with van der Waals surface area (Å²) >= 11 is 0.897. The Hall–Kier alpha value is -3.28. The molecular formula is C18H22N4O7S. The Bertz CT molecular complexity index is 995. The van der Waals surface area contributed by atoms with Crippen LogP contribution in [0, 0.1) is 24.0 Å². The molecule has 0 aliphatic carbocycles. The van der Waals surface area contributed by atoms with E-state index in [1.807, 2.05) is 0 Å². The van der Waals surface area contributed by atoms with Crippen LogP contribution in [0.4, 0.5) is 10.7 Å². The lowest BCUT2D eigenvalue weighted by molar-refractivity contribution is -0.385. The number of nitro groups is 1. The molecule has 1 unspecified atom stereocenters. The van der Waals surface area contributed by atoms with E-state index in [4.69, 9.17) is 9.47 Å². The van der Waals surface area contributed by atoms with Gasteiger partial charge in [0.2, 0.25) is 5.91 Å². The molecule has 0 fully saturated rings. The number of esters is 2. The summed E-state index contributed by atoms with van der Waals surface area (Å²) in [5.41, 5.74) is 0.361. The van der Waals surface area contributed by atoms with E-state index in [1.54, 1.807) is 20.8 Å². The Kier molecular flexibility index (Phi) is 7.27. The van der Waals surface area contributed by atoms with E-state index in [0.29, 0.717) is 5.56 Å². The summed E-state index contributed by atoms with van der Waals surface area (Å²) in [4.78, 5) is 48.0. The lowest BCUT2D eigenvalue weighted by atomic mass is 10.1. The normalized spacial score (nSPS) is 11.6. The van der Waals surface area contributed by atoms with Crippen LogP contribution >= 0.6 is 11.3 Å². The molecule has 0 aliphatic rings. The smallest absolute Gasteiger partial charge is 0.348 e. The largest absolute Gasteiger partial charge is 0.462 e. The van der Waals surface area contributed by atoms with Gasteiger partial charge in [-0.15, -0.1) is 11.3 Å². The zero-order chi connectivity index (χ0) is 22.6. The first-order valence-corrected chi connectivity index (χ1v) is 9.92. The van der Waals surface area contributed by atoms with E-state index >= 15 is 0 Å². The topological polar surface area (TPSA) is 143 Å². The van der Waals surface area contributed by atoms with Gasteiger partial charge in [-0.3, -0.25) is 19.6 Å². The van der Waals surface area contributed by atoms with Crippen LogP contribution in [0.5, 0.6) is 0 Å². The van der Waals surface area contributed by atoms with Crippen molar-refractivity contribution in [2.75, 3.05) is 18.5 Å². The molecule has 1 N–H and O–H groups in total. The van der Waals surface area contributed by atoms with Crippen LogP contribution in [0.15, 0.2) is 6.20 Å². The number of hydrogen-bond acceptors (Lipinski definition) is 9. The molecule has 0 bridgehead atoms. The molecule has 1 atom stereocenters. The summed E-state index contributed by atoms with van der Waals surface area (Å²) in [6.07, 6.45) is 1.16. The van der Waals surface area contributed by atoms with Crippen LogP contribution in [-0.2, 0) is 14.3 Å². The number of nitrogens with one attached hydrogen (secondary N) is 1. The summed E-state index contributed by atoms with van der Waals surface area (Å²) in [6.45, 7) is 8.09. The molecule has 2 aromatic rings. The molecule has 30 heavy (non-hydrogen) atoms. The molecule has 11 nitrogen and oxygen atoms in total. The molecule has 2 rings (SSSR count). The molecule has 0 aliphatic heterocycles. The van der Waals surface area contributed by atoms with Crippen molar-refractivity contribution in [2.45, 2.75) is 40.7 Å². The van der Waals surface area contributed by atoms with Gasteiger partial charge in [0.25, 0.3) is 0 Å². The first-order valence-electron chi connectivity index (χ1n) is 9.10. The van der Waals surface area contributed by atoms with Crippen molar-refractivity contribution in [3.8, 4) is 0 Å². The predicted octanol–water partition coefficient (Wildman–Crippen LogP) is 3.02. The van der Waals surface area contributed by atoms with E-state index < -0.39 is 28.8 Å². The zero-order valence-electron chi connectivity index (χ0n) is 17.2. The van der Waals surface area contributed by atoms with Gasteiger partial charge in [-0.05, 0) is 40.2 Å². The molecular weight excluding hydrogens is 416 g/mol. The molecule has 2 heterocycles. The predicted molar refractivity (Wildman–Crippen MR) is 108 cm³/mol. The fourth-order valence-electron chi connectivity index (χ4n) is 2.63. The summed E-state index contributed by atoms with van der Waals surface area (Å²) < 4.78 is 11.2. The van der Waals surface area contributed by atoms with Gasteiger partial charge in [0, 0.05) is 0 Å². The van der Waals surface area contributed by atoms with Crippen LogP contribution in [0.25, 0.3) is 0 Å². The molecule has 162 valence electrons. The highest BCUT2D eigenvalue weighted by atomic mass is 32.1. The molecule has 0 saturated carbocycles. The molecule has 0 spiro atoms. The van der Waals surface area contributed by atoms with Crippen LogP contribution in [0.2, 0.25) is 0 Å². The van der Waals surface area contributed by atoms with Crippen LogP contribution < -0.4 is 5.32 Å². The van der Waals surface area contributed by atoms with Gasteiger partial charge in [0.05, 0.1) is 23.7 Å². The van der Waals surface area contributed by atoms with Crippen molar-refractivity contribution >= 4 is 39.9 Å². The number of nitrogens with zero attached hydrogens (tertiary/aromatic N) is 3. The zero-order valence-corrected chi connectivity index (χ0v) is 18.0. The van der Waals surface area contributed by atoms with Crippen LogP contribution in [0.3, 0.4) is 0 Å². The Morgan fingerprint density at radius 3 is 2.37 bits per heavy atom. The maximum atomic E-state index is 12.7. The number of hydrogen-bond donors (Lipinski definition) is 1. The average Bonchev–Trinajstić information content (AvgIpc) is 3.21. The molecule has 1 amide bonds. The number of amides is 1. The average molecular weight is 438 g/mol. The Morgan fingerprint density at radius 2 is 1.83 bits per heavy atom. The van der Waals surface area contributed by atoms with Crippen molar-refractivity contribution in [2.24, 2.45) is 0 Å². The second kappa shape index (κ2) is 9.48. The minimum Gasteiger partial charge on any atom is -0.462 e. The van der Waals surface area contributed by atoms with Gasteiger partial charge in [0.15, 0.2) is 0 Å². The van der Waals surface area contributed by atoms with Gasteiger partial charge in [-0.1, -0.05) is 0 Å². The van der Waals surface area contributed by atoms with Gasteiger partial charge >= 0.3 is 17.6 Å². The SMILES string of the molecule is CCOC(=O)c1sc(NC(=O)C(C)n2cc([N+](=O)[O-])c(C)n2)c(C(=O)OCC)c1C. The lowest BCUT2D eigenvalue weighted by Gasteiger charge is -2.12. The second-order valence-electron chi connectivity index (χ2n) is 6.20. The van der Waals surface area contributed by atoms with E-state index in [9.17, 15) is 24.5 Å². The van der Waals surface area contributed by atoms with E-state index in [1.165, 1.54) is 18.5 Å². The summed E-state index contributed by atoms with van der Waals surface area (Å²) in [5.74, 6) is -1.87. The maximum absolute atomic E-state index is 12.7. The Labute approximate surface area is 176 Å². The fourth-order valence-corrected chi connectivity index (χ4v) is 3.72. The number of anilines is 1. The monoisotopic (exact) mass is 438 g/mol. The minimum absolute atomic E-state index is 0.0630. The molecule has 2 aromatic heterocycles. The molecule has 0 saturated heterocycles. The Balaban J connectivity index is 2.37. The Morgan fingerprint density at radius 1 is 1.23 bits per heavy atom. The number of carbonyl (C=O) groups is 3. The van der Waals surface area contributed by atoms with Gasteiger partial charge < -0.3 is 14.8 Å². The third kappa shape index (κ3) is 4.64. The number of rotatable bonds is 8. The molecule has 0 radical (unpaired) electrons. The van der Waals surface area contributed by atoms with E-state index in [0.717, 1.165) is 17.5 Å². The first-order chi connectivity index (χ1) is 14.1. The number of aromatic nitrogens is 2. The highest BCUT2D eigenvalue weighted by molar-refractivity contribution is 7.18. The summed E-state index contributed by atoms with van der Waals surface area (Å²) in [5, 5.41) is 17.8. The molecule has 12 heteroatoms. The van der Waals surface area contributed by atoms with E-state index in [2.05, 4.69) is 10.4 Å². The van der Waals surface area contributed by atoms with Crippen LogP contribution in [0.1, 0.15) is 58.1 Å². The second-order valence-corrected chi connectivity index (χ2v) is 7.22. The third-order valence-electron chi connectivity index (χ3n) is 4.19. The van der Waals surface area contributed by atoms with E-state index in [-0.39, 0.29) is 40.0 Å². The van der Waals surface area contributed by atoms with Gasteiger partial charge in [-0.25, -0.2) is 9.59 Å². The summed E-state index contributed by atoms with van der Waals surface area (Å²) in [6, 6.07) is -0.916. The van der Waals surface area contributed by atoms with Crippen molar-refractivity contribution in [1.82, 2.24) is 9.78 Å². The van der Waals surface area contributed by atoms with Gasteiger partial charge in [0.1, 0.15) is 27.8 Å². The lowest BCUT2D eigenvalue weighted by Crippen LogP contribution is -2.24. The van der Waals surface area contributed by atoms with Crippen LogP contribution in [-0.4, -0.2) is 45.8 Å². The number of aryl methyl sites for hydroxylation is 1. The summed E-state index contributed by atoms with van der Waals surface area (Å²) in [7, 11) is 0. The van der Waals surface area contributed by atoms with Crippen molar-refractivity contribution in [3.05, 3.63) is 38.0 Å². The number of ether oxygens (including phenoxy) is 2. The standard InChI is InChI=1S/C18H22N4O7S/c1-6-28-17(24)13-9(3)14(18(25)29-7-2)30-16(13)19-15(23)11(5)21-8-12(22(26)27)10(4)20-21/h8,11H,6-7H2,1-5H3,(H,19,23). The minimum atomic E-state index is -0.916. The maximum Gasteiger partial charge on any atom is 0.348 e. The number of carbonyl (C=O) groups excluding carboxylic acids is 3. The quantitative estimate of drug-likeness (QED) is 0.376. The van der Waals surface area contributed by atoms with Gasteiger partial charge in [-0.2, -0.15) is 5.10 Å².